The summed E-state index contributed by atoms with van der Waals surface area (Å²) in [6.07, 6.45) is -0.715. The van der Waals surface area contributed by atoms with Crippen molar-refractivity contribution in [3.05, 3.63) is 0 Å². The Hall–Kier alpha value is -0.660. The Labute approximate surface area is 119 Å². The molecule has 0 aliphatic carbocycles. The highest BCUT2D eigenvalue weighted by atomic mass is 31.2. The fraction of sp³-hybridized carbons (Fsp3) is 0.909. The molecule has 0 bridgehead atoms. The molecule has 0 aromatic heterocycles. The van der Waals surface area contributed by atoms with Crippen LogP contribution < -0.4 is 5.09 Å². The molecule has 1 rings (SSSR count). The van der Waals surface area contributed by atoms with Gasteiger partial charge in [-0.1, -0.05) is 0 Å². The van der Waals surface area contributed by atoms with Crippen molar-refractivity contribution in [3.63, 3.8) is 0 Å². The molecule has 1 aliphatic heterocycles. The van der Waals surface area contributed by atoms with Gasteiger partial charge >= 0.3 is 13.8 Å². The minimum Gasteiger partial charge on any atom is -0.465 e. The van der Waals surface area contributed by atoms with Crippen LogP contribution in [0.4, 0.5) is 4.79 Å². The summed E-state index contributed by atoms with van der Waals surface area (Å²) < 4.78 is 28.1. The zero-order chi connectivity index (χ0) is 15.2. The van der Waals surface area contributed by atoms with Gasteiger partial charge in [0.1, 0.15) is 0 Å². The van der Waals surface area contributed by atoms with E-state index in [1.54, 1.807) is 21.0 Å². The number of hydrogen-bond donors (Lipinski definition) is 2. The molecule has 1 aliphatic rings. The Morgan fingerprint density at radius 2 is 2.00 bits per heavy atom. The minimum absolute atomic E-state index is 0.179. The Bertz CT molecular complexity index is 357. The smallest absolute Gasteiger partial charge is 0.407 e. The van der Waals surface area contributed by atoms with E-state index in [0.717, 1.165) is 0 Å². The second-order valence-electron chi connectivity index (χ2n) is 4.36. The summed E-state index contributed by atoms with van der Waals surface area (Å²) in [4.78, 5) is 12.3. The van der Waals surface area contributed by atoms with E-state index >= 15 is 0 Å². The fourth-order valence-electron chi connectivity index (χ4n) is 2.17. The normalized spacial score (nSPS) is 23.9. The largest absolute Gasteiger partial charge is 0.465 e. The van der Waals surface area contributed by atoms with Crippen LogP contribution in [-0.2, 0) is 18.3 Å². The van der Waals surface area contributed by atoms with Crippen molar-refractivity contribution in [2.45, 2.75) is 32.4 Å². The molecule has 1 heterocycles. The lowest BCUT2D eigenvalue weighted by Gasteiger charge is -2.37. The number of likely N-dealkylation sites (tertiary alicyclic amines) is 1. The van der Waals surface area contributed by atoms with Gasteiger partial charge in [0.05, 0.1) is 25.4 Å². The lowest BCUT2D eigenvalue weighted by molar-refractivity contribution is 0.0184. The molecular formula is C11H23N2O6P. The monoisotopic (exact) mass is 310 g/mol. The van der Waals surface area contributed by atoms with Crippen molar-refractivity contribution in [3.8, 4) is 0 Å². The summed E-state index contributed by atoms with van der Waals surface area (Å²) in [5.41, 5.74) is 0. The molecule has 2 N–H and O–H groups in total. The summed E-state index contributed by atoms with van der Waals surface area (Å²) >= 11 is 0. The van der Waals surface area contributed by atoms with Crippen molar-refractivity contribution in [2.75, 3.05) is 33.4 Å². The quantitative estimate of drug-likeness (QED) is 0.688. The number of nitrogens with one attached hydrogen (secondary N) is 1. The predicted octanol–water partition coefficient (Wildman–Crippen LogP) is 1.52. The molecule has 1 saturated heterocycles. The van der Waals surface area contributed by atoms with Crippen molar-refractivity contribution >= 4 is 13.8 Å². The number of ether oxygens (including phenoxy) is 1. The number of carbonyl (C=O) groups is 1. The third-order valence-electron chi connectivity index (χ3n) is 3.04. The number of hydrogen-bond acceptors (Lipinski definition) is 5. The third-order valence-corrected chi connectivity index (χ3v) is 4.89. The van der Waals surface area contributed by atoms with Gasteiger partial charge in [0.2, 0.25) is 0 Å². The first-order chi connectivity index (χ1) is 9.45. The van der Waals surface area contributed by atoms with Gasteiger partial charge in [-0.3, -0.25) is 9.05 Å². The van der Waals surface area contributed by atoms with E-state index in [-0.39, 0.29) is 25.9 Å². The number of piperidine rings is 1. The first-order valence-corrected chi connectivity index (χ1v) is 8.17. The molecule has 118 valence electrons. The van der Waals surface area contributed by atoms with Crippen LogP contribution in [0, 0.1) is 0 Å². The zero-order valence-corrected chi connectivity index (χ0v) is 13.0. The molecule has 0 aromatic carbocycles. The second-order valence-corrected chi connectivity index (χ2v) is 6.13. The summed E-state index contributed by atoms with van der Waals surface area (Å²) in [5.74, 6) is 0. The Morgan fingerprint density at radius 1 is 1.40 bits per heavy atom. The van der Waals surface area contributed by atoms with Crippen LogP contribution in [0.25, 0.3) is 0 Å². The molecule has 2 atom stereocenters. The third kappa shape index (κ3) is 4.71. The Kier molecular flexibility index (Phi) is 6.91. The van der Waals surface area contributed by atoms with E-state index in [2.05, 4.69) is 5.09 Å². The van der Waals surface area contributed by atoms with E-state index < -0.39 is 19.9 Å². The topological polar surface area (TPSA) is 97.3 Å². The lowest BCUT2D eigenvalue weighted by Crippen LogP contribution is -2.54. The van der Waals surface area contributed by atoms with E-state index in [0.29, 0.717) is 13.0 Å². The van der Waals surface area contributed by atoms with Gasteiger partial charge < -0.3 is 14.7 Å². The lowest BCUT2D eigenvalue weighted by atomic mass is 10.0. The average Bonchev–Trinajstić information content (AvgIpc) is 2.38. The maximum Gasteiger partial charge on any atom is 0.407 e. The molecule has 1 fully saturated rings. The highest BCUT2D eigenvalue weighted by molar-refractivity contribution is 7.51. The molecule has 1 amide bonds. The first-order valence-electron chi connectivity index (χ1n) is 6.63. The van der Waals surface area contributed by atoms with Crippen LogP contribution in [0.3, 0.4) is 0 Å². The average molecular weight is 310 g/mol. The molecule has 9 heteroatoms. The van der Waals surface area contributed by atoms with Gasteiger partial charge in [-0.2, -0.15) is 0 Å². The first kappa shape index (κ1) is 17.4. The molecular weight excluding hydrogens is 287 g/mol. The number of carboxylic acid groups (broad SMARTS) is 1. The van der Waals surface area contributed by atoms with Crippen LogP contribution in [0.5, 0.6) is 0 Å². The SMILES string of the molecule is CCOP(=O)(N[C@@H]1CN(C(=O)O)CC[C@H]1OC)OCC. The maximum absolute atomic E-state index is 12.4. The highest BCUT2D eigenvalue weighted by Gasteiger charge is 2.37. The van der Waals surface area contributed by atoms with Crippen LogP contribution in [0.2, 0.25) is 0 Å². The van der Waals surface area contributed by atoms with E-state index in [1.807, 2.05) is 0 Å². The van der Waals surface area contributed by atoms with E-state index in [9.17, 15) is 9.36 Å². The van der Waals surface area contributed by atoms with Crippen LogP contribution >= 0.6 is 7.75 Å². The van der Waals surface area contributed by atoms with Crippen molar-refractivity contribution in [1.82, 2.24) is 9.99 Å². The molecule has 8 nitrogen and oxygen atoms in total. The summed E-state index contributed by atoms with van der Waals surface area (Å²) in [6.45, 7) is 4.46. The summed E-state index contributed by atoms with van der Waals surface area (Å²) in [5, 5.41) is 11.8. The zero-order valence-electron chi connectivity index (χ0n) is 12.1. The summed E-state index contributed by atoms with van der Waals surface area (Å²) in [6, 6.07) is -0.436. The van der Waals surface area contributed by atoms with Crippen LogP contribution in [-0.4, -0.2) is 61.7 Å². The number of rotatable bonds is 7. The number of methoxy groups -OCH3 is 1. The molecule has 0 aromatic rings. The van der Waals surface area contributed by atoms with Gasteiger partial charge in [-0.15, -0.1) is 0 Å². The Morgan fingerprint density at radius 3 is 2.45 bits per heavy atom. The second kappa shape index (κ2) is 7.95. The standard InChI is InChI=1S/C11H23N2O6P/c1-4-18-20(16,19-5-2)12-9-8-13(11(14)15)7-6-10(9)17-3/h9-10H,4-8H2,1-3H3,(H,12,16)(H,14,15)/t9-,10-/m1/s1. The molecule has 20 heavy (non-hydrogen) atoms. The van der Waals surface area contributed by atoms with Crippen molar-refractivity contribution in [1.29, 1.82) is 0 Å². The molecule has 0 unspecified atom stereocenters. The fourth-order valence-corrected chi connectivity index (χ4v) is 3.72. The van der Waals surface area contributed by atoms with E-state index in [4.69, 9.17) is 18.9 Å². The Balaban J connectivity index is 2.77. The minimum atomic E-state index is -3.44. The van der Waals surface area contributed by atoms with Gasteiger partial charge in [0.15, 0.2) is 0 Å². The van der Waals surface area contributed by atoms with Gasteiger partial charge in [-0.05, 0) is 20.3 Å². The van der Waals surface area contributed by atoms with Crippen LogP contribution in [0.15, 0.2) is 0 Å². The highest BCUT2D eigenvalue weighted by Crippen LogP contribution is 2.44. The molecule has 0 spiro atoms. The van der Waals surface area contributed by atoms with Gasteiger partial charge in [0.25, 0.3) is 0 Å². The van der Waals surface area contributed by atoms with Crippen molar-refractivity contribution in [2.24, 2.45) is 0 Å². The predicted molar refractivity (Wildman–Crippen MR) is 72.8 cm³/mol. The van der Waals surface area contributed by atoms with Gasteiger partial charge in [0, 0.05) is 20.2 Å². The molecule has 0 saturated carbocycles. The van der Waals surface area contributed by atoms with E-state index in [1.165, 1.54) is 4.90 Å². The number of nitrogens with zero attached hydrogens (tertiary/aromatic N) is 1. The number of amides is 1. The molecule has 0 radical (unpaired) electrons. The van der Waals surface area contributed by atoms with Crippen molar-refractivity contribution < 1.29 is 28.3 Å². The maximum atomic E-state index is 12.4. The van der Waals surface area contributed by atoms with Gasteiger partial charge in [-0.25, -0.2) is 14.4 Å². The van der Waals surface area contributed by atoms with Crippen LogP contribution in [0.1, 0.15) is 20.3 Å². The summed E-state index contributed by atoms with van der Waals surface area (Å²) in [7, 11) is -1.90.